The number of carbonyl (C=O) groups excluding carboxylic acids is 1. The zero-order chi connectivity index (χ0) is 13.0. The summed E-state index contributed by atoms with van der Waals surface area (Å²) in [4.78, 5) is 12.5. The van der Waals surface area contributed by atoms with Crippen LogP contribution in [0.1, 0.15) is 41.9 Å². The lowest BCUT2D eigenvalue weighted by molar-refractivity contribution is 0.0918. The van der Waals surface area contributed by atoms with Gasteiger partial charge in [-0.3, -0.25) is 4.79 Å². The topological polar surface area (TPSA) is 64.4 Å². The zero-order valence-electron chi connectivity index (χ0n) is 10.3. The minimum Gasteiger partial charge on any atom is -0.377 e. The Morgan fingerprint density at radius 1 is 1.56 bits per heavy atom. The van der Waals surface area contributed by atoms with Crippen LogP contribution in [-0.2, 0) is 11.3 Å². The standard InChI is InChI=1S/C12H17BrN2O3/c1-17-7-10-6-11(15-18-10)12(16)14-9-4-2-8(13)3-5-9/h6,8-9H,2-5,7H2,1H3,(H,14,16). The molecular formula is C12H17BrN2O3. The highest BCUT2D eigenvalue weighted by Crippen LogP contribution is 2.24. The number of alkyl halides is 1. The lowest BCUT2D eigenvalue weighted by atomic mass is 9.95. The molecular weight excluding hydrogens is 300 g/mol. The van der Waals surface area contributed by atoms with Gasteiger partial charge in [-0.25, -0.2) is 0 Å². The summed E-state index contributed by atoms with van der Waals surface area (Å²) >= 11 is 3.59. The van der Waals surface area contributed by atoms with Crippen molar-refractivity contribution in [3.05, 3.63) is 17.5 Å². The molecule has 1 aliphatic carbocycles. The molecule has 2 rings (SSSR count). The Kier molecular flexibility index (Phi) is 4.77. The zero-order valence-corrected chi connectivity index (χ0v) is 11.9. The van der Waals surface area contributed by atoms with Crippen molar-refractivity contribution in [3.63, 3.8) is 0 Å². The van der Waals surface area contributed by atoms with Crippen LogP contribution >= 0.6 is 15.9 Å². The Hall–Kier alpha value is -0.880. The van der Waals surface area contributed by atoms with Gasteiger partial charge in [0.2, 0.25) is 0 Å². The minimum atomic E-state index is -0.167. The van der Waals surface area contributed by atoms with E-state index in [2.05, 4.69) is 26.4 Å². The summed E-state index contributed by atoms with van der Waals surface area (Å²) < 4.78 is 9.90. The van der Waals surface area contributed by atoms with Gasteiger partial charge in [0.1, 0.15) is 6.61 Å². The maximum absolute atomic E-state index is 11.9. The van der Waals surface area contributed by atoms with Crippen molar-refractivity contribution in [2.24, 2.45) is 0 Å². The average molecular weight is 317 g/mol. The van der Waals surface area contributed by atoms with E-state index < -0.39 is 0 Å². The second kappa shape index (κ2) is 6.33. The molecule has 0 unspecified atom stereocenters. The van der Waals surface area contributed by atoms with Gasteiger partial charge in [-0.15, -0.1) is 0 Å². The molecule has 1 fully saturated rings. The number of nitrogens with one attached hydrogen (secondary N) is 1. The lowest BCUT2D eigenvalue weighted by Gasteiger charge is -2.25. The van der Waals surface area contributed by atoms with Gasteiger partial charge >= 0.3 is 0 Å². The Labute approximate surface area is 114 Å². The number of rotatable bonds is 4. The van der Waals surface area contributed by atoms with E-state index in [1.54, 1.807) is 13.2 Å². The third-order valence-corrected chi connectivity index (χ3v) is 3.99. The van der Waals surface area contributed by atoms with E-state index in [0.29, 0.717) is 22.9 Å². The molecule has 1 aromatic heterocycles. The van der Waals surface area contributed by atoms with Crippen LogP contribution in [0.3, 0.4) is 0 Å². The van der Waals surface area contributed by atoms with E-state index in [9.17, 15) is 4.79 Å². The number of ether oxygens (including phenoxy) is 1. The molecule has 18 heavy (non-hydrogen) atoms. The van der Waals surface area contributed by atoms with Crippen LogP contribution in [0.4, 0.5) is 0 Å². The summed E-state index contributed by atoms with van der Waals surface area (Å²) in [6.07, 6.45) is 4.20. The second-order valence-corrected chi connectivity index (χ2v) is 5.83. The van der Waals surface area contributed by atoms with Crippen LogP contribution < -0.4 is 5.32 Å². The van der Waals surface area contributed by atoms with Gasteiger partial charge in [0, 0.05) is 24.0 Å². The van der Waals surface area contributed by atoms with Crippen molar-refractivity contribution in [1.82, 2.24) is 10.5 Å². The van der Waals surface area contributed by atoms with E-state index in [0.717, 1.165) is 25.7 Å². The second-order valence-electron chi connectivity index (χ2n) is 4.53. The first-order valence-corrected chi connectivity index (χ1v) is 7.00. The fraction of sp³-hybridized carbons (Fsp3) is 0.667. The van der Waals surface area contributed by atoms with Crippen LogP contribution in [-0.4, -0.2) is 29.0 Å². The third kappa shape index (κ3) is 3.55. The van der Waals surface area contributed by atoms with Crippen molar-refractivity contribution in [2.75, 3.05) is 7.11 Å². The van der Waals surface area contributed by atoms with Crippen LogP contribution in [0.15, 0.2) is 10.6 Å². The highest BCUT2D eigenvalue weighted by molar-refractivity contribution is 9.09. The van der Waals surface area contributed by atoms with Crippen LogP contribution in [0.5, 0.6) is 0 Å². The predicted molar refractivity (Wildman–Crippen MR) is 69.7 cm³/mol. The first kappa shape index (κ1) is 13.5. The molecule has 0 spiro atoms. The monoisotopic (exact) mass is 316 g/mol. The summed E-state index contributed by atoms with van der Waals surface area (Å²) in [5, 5.41) is 6.73. The lowest BCUT2D eigenvalue weighted by Crippen LogP contribution is -2.37. The Balaban J connectivity index is 1.86. The number of methoxy groups -OCH3 is 1. The fourth-order valence-corrected chi connectivity index (χ4v) is 2.62. The Morgan fingerprint density at radius 2 is 2.28 bits per heavy atom. The molecule has 5 nitrogen and oxygen atoms in total. The molecule has 1 amide bonds. The van der Waals surface area contributed by atoms with Crippen LogP contribution in [0.25, 0.3) is 0 Å². The van der Waals surface area contributed by atoms with Crippen molar-refractivity contribution < 1.29 is 14.1 Å². The largest absolute Gasteiger partial charge is 0.377 e. The predicted octanol–water partition coefficient (Wildman–Crippen LogP) is 2.26. The maximum Gasteiger partial charge on any atom is 0.273 e. The van der Waals surface area contributed by atoms with Gasteiger partial charge < -0.3 is 14.6 Å². The highest BCUT2D eigenvalue weighted by atomic mass is 79.9. The van der Waals surface area contributed by atoms with Crippen molar-refractivity contribution >= 4 is 21.8 Å². The normalized spacial score (nSPS) is 23.9. The molecule has 1 saturated carbocycles. The summed E-state index contributed by atoms with van der Waals surface area (Å²) in [5.74, 6) is 0.394. The minimum absolute atomic E-state index is 0.167. The summed E-state index contributed by atoms with van der Waals surface area (Å²) in [5.41, 5.74) is 0.322. The summed E-state index contributed by atoms with van der Waals surface area (Å²) in [6.45, 7) is 0.328. The number of aromatic nitrogens is 1. The van der Waals surface area contributed by atoms with E-state index in [1.807, 2.05) is 0 Å². The molecule has 0 bridgehead atoms. The SMILES string of the molecule is COCc1cc(C(=O)NC2CCC(Br)CC2)no1. The molecule has 0 saturated heterocycles. The van der Waals surface area contributed by atoms with Crippen molar-refractivity contribution in [2.45, 2.75) is 43.2 Å². The van der Waals surface area contributed by atoms with E-state index in [1.165, 1.54) is 0 Å². The molecule has 0 aliphatic heterocycles. The van der Waals surface area contributed by atoms with Crippen molar-refractivity contribution in [1.29, 1.82) is 0 Å². The van der Waals surface area contributed by atoms with Gasteiger partial charge in [-0.2, -0.15) is 0 Å². The molecule has 1 heterocycles. The number of carbonyl (C=O) groups is 1. The van der Waals surface area contributed by atoms with Gasteiger partial charge in [-0.1, -0.05) is 21.1 Å². The number of nitrogens with zero attached hydrogens (tertiary/aromatic N) is 1. The quantitative estimate of drug-likeness (QED) is 0.865. The van der Waals surface area contributed by atoms with Gasteiger partial charge in [0.25, 0.3) is 5.91 Å². The van der Waals surface area contributed by atoms with Gasteiger partial charge in [0.15, 0.2) is 11.5 Å². The van der Waals surface area contributed by atoms with E-state index in [4.69, 9.17) is 9.26 Å². The molecule has 100 valence electrons. The summed E-state index contributed by atoms with van der Waals surface area (Å²) in [7, 11) is 1.57. The van der Waals surface area contributed by atoms with Crippen LogP contribution in [0.2, 0.25) is 0 Å². The van der Waals surface area contributed by atoms with E-state index >= 15 is 0 Å². The van der Waals surface area contributed by atoms with Gasteiger partial charge in [-0.05, 0) is 25.7 Å². The van der Waals surface area contributed by atoms with Crippen LogP contribution in [0, 0.1) is 0 Å². The molecule has 0 radical (unpaired) electrons. The molecule has 1 N–H and O–H groups in total. The first-order valence-electron chi connectivity index (χ1n) is 6.08. The molecule has 0 aromatic carbocycles. The third-order valence-electron chi connectivity index (χ3n) is 3.07. The smallest absolute Gasteiger partial charge is 0.273 e. The average Bonchev–Trinajstić information content (AvgIpc) is 2.81. The summed E-state index contributed by atoms with van der Waals surface area (Å²) in [6, 6.07) is 1.86. The Morgan fingerprint density at radius 3 is 2.94 bits per heavy atom. The number of halogens is 1. The number of hydrogen-bond donors (Lipinski definition) is 1. The number of amides is 1. The Bertz CT molecular complexity index is 400. The molecule has 1 aromatic rings. The molecule has 6 heteroatoms. The van der Waals surface area contributed by atoms with Gasteiger partial charge in [0.05, 0.1) is 0 Å². The number of hydrogen-bond acceptors (Lipinski definition) is 4. The van der Waals surface area contributed by atoms with E-state index in [-0.39, 0.29) is 11.9 Å². The molecule has 0 atom stereocenters. The maximum atomic E-state index is 11.9. The molecule has 1 aliphatic rings. The highest BCUT2D eigenvalue weighted by Gasteiger charge is 2.22. The fourth-order valence-electron chi connectivity index (χ4n) is 2.09. The van der Waals surface area contributed by atoms with Crippen molar-refractivity contribution in [3.8, 4) is 0 Å². The first-order chi connectivity index (χ1) is 8.69.